The first kappa shape index (κ1) is 32.2. The number of unbranched alkanes of at least 4 members (excludes halogenated alkanes) is 1. The number of ether oxygens (including phenoxy) is 3. The molecule has 10 atom stereocenters. The summed E-state index contributed by atoms with van der Waals surface area (Å²) >= 11 is 0. The zero-order valence-corrected chi connectivity index (χ0v) is 25.4. The summed E-state index contributed by atoms with van der Waals surface area (Å²) in [5, 5.41) is 12.0. The van der Waals surface area contributed by atoms with Crippen LogP contribution in [0.5, 0.6) is 0 Å². The van der Waals surface area contributed by atoms with E-state index in [-0.39, 0.29) is 60.8 Å². The lowest BCUT2D eigenvalue weighted by Gasteiger charge is -2.60. The number of Topliss-reactive ketones (excluding diaryl/α,β-unsaturated/α-hetero) is 1. The summed E-state index contributed by atoms with van der Waals surface area (Å²) in [7, 11) is 0. The smallest absolute Gasteiger partial charge is 0.308 e. The lowest BCUT2D eigenvalue weighted by Crippen LogP contribution is -2.63. The molecular formula is C35H54O6. The summed E-state index contributed by atoms with van der Waals surface area (Å²) in [6, 6.07) is 0. The van der Waals surface area contributed by atoms with E-state index in [1.54, 1.807) is 13.8 Å². The molecule has 0 aromatic heterocycles. The van der Waals surface area contributed by atoms with Crippen LogP contribution >= 0.6 is 0 Å². The first-order chi connectivity index (χ1) is 18.9. The van der Waals surface area contributed by atoms with Crippen molar-refractivity contribution in [2.45, 2.75) is 124 Å². The van der Waals surface area contributed by atoms with Crippen LogP contribution in [0, 0.1) is 40.4 Å². The van der Waals surface area contributed by atoms with Crippen molar-refractivity contribution in [3.8, 4) is 0 Å². The molecule has 5 aliphatic rings. The Kier molecular flexibility index (Phi) is 9.20. The summed E-state index contributed by atoms with van der Waals surface area (Å²) in [5.41, 5.74) is 0.265. The van der Waals surface area contributed by atoms with Crippen LogP contribution in [0.3, 0.4) is 0 Å². The van der Waals surface area contributed by atoms with Crippen LogP contribution in [0.1, 0.15) is 100 Å². The molecule has 1 saturated heterocycles. The summed E-state index contributed by atoms with van der Waals surface area (Å²) < 4.78 is 19.2. The van der Waals surface area contributed by atoms with Crippen molar-refractivity contribution in [3.63, 3.8) is 0 Å². The molecule has 10 unspecified atom stereocenters. The van der Waals surface area contributed by atoms with Gasteiger partial charge in [-0.15, -0.1) is 0 Å². The lowest BCUT2D eigenvalue weighted by molar-refractivity contribution is -0.209. The van der Waals surface area contributed by atoms with E-state index >= 15 is 0 Å². The number of carbonyl (C=O) groups excluding carboxylic acids is 2. The minimum absolute atomic E-state index is 0. The Balaban J connectivity index is 0.00000387. The Morgan fingerprint density at radius 2 is 1.98 bits per heavy atom. The fourth-order valence-electron chi connectivity index (χ4n) is 9.29. The van der Waals surface area contributed by atoms with Gasteiger partial charge >= 0.3 is 5.97 Å². The van der Waals surface area contributed by atoms with Gasteiger partial charge in [0.15, 0.2) is 18.5 Å². The number of ketones is 1. The van der Waals surface area contributed by atoms with E-state index in [0.29, 0.717) is 6.42 Å². The summed E-state index contributed by atoms with van der Waals surface area (Å²) in [5.74, 6) is -0.285. The molecule has 1 aliphatic heterocycles. The molecule has 0 amide bonds. The predicted molar refractivity (Wildman–Crippen MR) is 161 cm³/mol. The van der Waals surface area contributed by atoms with E-state index in [1.807, 2.05) is 0 Å². The topological polar surface area (TPSA) is 82.1 Å². The molecule has 0 bridgehead atoms. The number of carbonyl (C=O) groups is 2. The highest BCUT2D eigenvalue weighted by atomic mass is 16.7. The maximum Gasteiger partial charge on any atom is 0.308 e. The van der Waals surface area contributed by atoms with Crippen molar-refractivity contribution in [1.29, 1.82) is 0 Å². The highest BCUT2D eigenvalue weighted by molar-refractivity contribution is 5.92. The van der Waals surface area contributed by atoms with Gasteiger partial charge in [-0.2, -0.15) is 0 Å². The van der Waals surface area contributed by atoms with Gasteiger partial charge in [-0.3, -0.25) is 9.59 Å². The van der Waals surface area contributed by atoms with E-state index < -0.39 is 29.5 Å². The third-order valence-corrected chi connectivity index (χ3v) is 11.4. The molecule has 4 aliphatic carbocycles. The second kappa shape index (κ2) is 11.7. The molecule has 6 nitrogen and oxygen atoms in total. The average molecular weight is 571 g/mol. The van der Waals surface area contributed by atoms with Crippen LogP contribution in [0.15, 0.2) is 36.0 Å². The van der Waals surface area contributed by atoms with Gasteiger partial charge in [0.2, 0.25) is 5.78 Å². The van der Waals surface area contributed by atoms with Crippen molar-refractivity contribution in [2.75, 3.05) is 6.61 Å². The second-order valence-corrected chi connectivity index (χ2v) is 14.0. The van der Waals surface area contributed by atoms with Gasteiger partial charge in [0.05, 0.1) is 18.1 Å². The SMILES string of the molecule is C.C=C1C=CC2(C)C(=C1)CCC1C2C(O)CC2(C)C1CC1OC(C(CC)CCCC)OC12C(=O)COC(=O)C(C)C. The first-order valence-electron chi connectivity index (χ1n) is 15.7. The molecule has 6 heteroatoms. The minimum Gasteiger partial charge on any atom is -0.457 e. The van der Waals surface area contributed by atoms with Gasteiger partial charge in [0.1, 0.15) is 0 Å². The quantitative estimate of drug-likeness (QED) is 0.302. The van der Waals surface area contributed by atoms with E-state index in [4.69, 9.17) is 14.2 Å². The molecule has 0 radical (unpaired) electrons. The van der Waals surface area contributed by atoms with Crippen molar-refractivity contribution in [1.82, 2.24) is 0 Å². The van der Waals surface area contributed by atoms with Crippen molar-refractivity contribution >= 4 is 11.8 Å². The third kappa shape index (κ3) is 4.90. The molecule has 0 aromatic rings. The largest absolute Gasteiger partial charge is 0.457 e. The summed E-state index contributed by atoms with van der Waals surface area (Å²) in [6.45, 7) is 16.1. The maximum absolute atomic E-state index is 14.3. The number of esters is 1. The standard InChI is InChI=1S/C34H50O6.CH4/c1-8-10-11-22(9-2)31-39-28-17-25-24-13-12-23-16-21(5)14-15-32(23,6)29(24)26(35)18-33(25,7)34(28,40-31)27(36)19-38-30(37)20(3)4;/h14-16,20,22,24-26,28-29,31,35H,5,8-13,17-19H2,1-4,6-7H3;1H4. The molecule has 230 valence electrons. The Morgan fingerprint density at radius 3 is 2.63 bits per heavy atom. The van der Waals surface area contributed by atoms with Gasteiger partial charge in [-0.25, -0.2) is 0 Å². The van der Waals surface area contributed by atoms with Crippen molar-refractivity contribution < 1.29 is 28.9 Å². The molecule has 41 heavy (non-hydrogen) atoms. The summed E-state index contributed by atoms with van der Waals surface area (Å²) in [4.78, 5) is 26.7. The number of fused-ring (bicyclic) bond motifs is 7. The second-order valence-electron chi connectivity index (χ2n) is 14.0. The number of aliphatic hydroxyl groups is 1. The lowest BCUT2D eigenvalue weighted by atomic mass is 9.46. The number of rotatable bonds is 9. The highest BCUT2D eigenvalue weighted by Crippen LogP contribution is 2.70. The third-order valence-electron chi connectivity index (χ3n) is 11.4. The monoisotopic (exact) mass is 570 g/mol. The number of hydrogen-bond acceptors (Lipinski definition) is 6. The van der Waals surface area contributed by atoms with E-state index in [0.717, 1.165) is 50.5 Å². The van der Waals surface area contributed by atoms with Gasteiger partial charge in [0.25, 0.3) is 0 Å². The Hall–Kier alpha value is -1.76. The van der Waals surface area contributed by atoms with Crippen LogP contribution in [0.4, 0.5) is 0 Å². The average Bonchev–Trinajstić information content (AvgIpc) is 3.40. The maximum atomic E-state index is 14.3. The van der Waals surface area contributed by atoms with E-state index in [1.165, 1.54) is 5.57 Å². The molecule has 0 spiro atoms. The number of hydrogen-bond donors (Lipinski definition) is 1. The molecule has 0 aromatic carbocycles. The van der Waals surface area contributed by atoms with Crippen LogP contribution in [0.2, 0.25) is 0 Å². The number of allylic oxidation sites excluding steroid dienone is 5. The van der Waals surface area contributed by atoms with E-state index in [2.05, 4.69) is 52.5 Å². The van der Waals surface area contributed by atoms with E-state index in [9.17, 15) is 14.7 Å². The van der Waals surface area contributed by atoms with Gasteiger partial charge in [-0.1, -0.05) is 92.2 Å². The molecule has 5 rings (SSSR count). The zero-order chi connectivity index (χ0) is 29.0. The fourth-order valence-corrected chi connectivity index (χ4v) is 9.29. The normalized spacial score (nSPS) is 41.5. The molecular weight excluding hydrogens is 516 g/mol. The molecule has 3 saturated carbocycles. The van der Waals surface area contributed by atoms with Crippen molar-refractivity contribution in [2.24, 2.45) is 40.4 Å². The number of aliphatic hydroxyl groups excluding tert-OH is 1. The Bertz CT molecular complexity index is 1090. The molecule has 4 fully saturated rings. The highest BCUT2D eigenvalue weighted by Gasteiger charge is 2.76. The van der Waals surface area contributed by atoms with Crippen LogP contribution in [-0.2, 0) is 23.8 Å². The van der Waals surface area contributed by atoms with Crippen LogP contribution < -0.4 is 0 Å². The zero-order valence-electron chi connectivity index (χ0n) is 25.4. The Morgan fingerprint density at radius 1 is 1.24 bits per heavy atom. The predicted octanol–water partition coefficient (Wildman–Crippen LogP) is 6.96. The fraction of sp³-hybridized carbons (Fsp3) is 0.771. The molecule has 1 N–H and O–H groups in total. The Labute approximate surface area is 248 Å². The first-order valence-corrected chi connectivity index (χ1v) is 15.7. The molecule has 1 heterocycles. The summed E-state index contributed by atoms with van der Waals surface area (Å²) in [6.07, 6.45) is 12.2. The van der Waals surface area contributed by atoms with Crippen LogP contribution in [0.25, 0.3) is 0 Å². The van der Waals surface area contributed by atoms with Gasteiger partial charge < -0.3 is 19.3 Å². The van der Waals surface area contributed by atoms with Gasteiger partial charge in [-0.05, 0) is 55.9 Å². The minimum atomic E-state index is -1.24. The van der Waals surface area contributed by atoms with Crippen molar-refractivity contribution in [3.05, 3.63) is 36.0 Å². The van der Waals surface area contributed by atoms with Crippen LogP contribution in [-0.4, -0.2) is 47.6 Å². The van der Waals surface area contributed by atoms with Gasteiger partial charge in [0, 0.05) is 22.7 Å².